The van der Waals surface area contributed by atoms with Gasteiger partial charge in [0.15, 0.2) is 5.96 Å². The lowest BCUT2D eigenvalue weighted by Crippen LogP contribution is -2.60. The molecule has 19 nitrogen and oxygen atoms in total. The Hall–Kier alpha value is -6.40. The molecule has 0 bridgehead atoms. The van der Waals surface area contributed by atoms with E-state index in [9.17, 15) is 43.8 Å². The zero-order chi connectivity index (χ0) is 44.4. The van der Waals surface area contributed by atoms with E-state index in [1.807, 2.05) is 30.3 Å². The number of aliphatic carboxylic acids is 1. The van der Waals surface area contributed by atoms with Crippen LogP contribution in [-0.2, 0) is 41.6 Å². The lowest BCUT2D eigenvalue weighted by molar-refractivity contribution is -0.142. The van der Waals surface area contributed by atoms with Gasteiger partial charge in [-0.3, -0.25) is 29.0 Å². The molecular formula is C41H60N10O9. The highest BCUT2D eigenvalue weighted by Crippen LogP contribution is 2.15. The molecule has 7 amide bonds. The predicted octanol–water partition coefficient (Wildman–Crippen LogP) is -0.000500. The standard InChI is InChI=1S/C41H60N10O9/c1-24(2)33-37(56)46-30(20-17-26-15-18-28(52)19-16-26)38(57)51(4)25(3)34(53)47-32(23-27-11-6-5-7-12-27)35(54)44-21-9-8-13-29(36(55)50-33)48-41(60)49-31(39(58)59)14-10-22-45-40(42)43/h5-7,11-12,15-16,18-19,24-25,29-33,52H,8-10,13-14,17,20-23H2,1-4H3,(H,44,54)(H,46,56)(H,47,53)(H,50,55)(H,58,59)(H4,42,43,45)(H2,48,49,60)/t25-,29+,30+,31-,32-,33-/m0/s1. The van der Waals surface area contributed by atoms with Gasteiger partial charge < -0.3 is 58.5 Å². The molecule has 1 aliphatic heterocycles. The van der Waals surface area contributed by atoms with E-state index in [-0.39, 0.29) is 63.3 Å². The Morgan fingerprint density at radius 3 is 2.18 bits per heavy atom. The van der Waals surface area contributed by atoms with Crippen molar-refractivity contribution in [2.45, 2.75) is 108 Å². The van der Waals surface area contributed by atoms with Gasteiger partial charge >= 0.3 is 12.0 Å². The van der Waals surface area contributed by atoms with Crippen LogP contribution < -0.4 is 43.4 Å². The van der Waals surface area contributed by atoms with Crippen molar-refractivity contribution in [3.63, 3.8) is 0 Å². The van der Waals surface area contributed by atoms with Crippen molar-refractivity contribution in [3.05, 3.63) is 65.7 Å². The minimum atomic E-state index is -1.34. The van der Waals surface area contributed by atoms with Gasteiger partial charge in [0, 0.05) is 26.6 Å². The number of nitrogens with two attached hydrogens (primary N) is 2. The first kappa shape index (κ1) is 48.0. The number of aliphatic imine (C=N–C) groups is 1. The molecule has 0 aromatic heterocycles. The van der Waals surface area contributed by atoms with Crippen LogP contribution in [0.15, 0.2) is 59.6 Å². The molecule has 12 N–H and O–H groups in total. The molecule has 0 unspecified atom stereocenters. The van der Waals surface area contributed by atoms with Gasteiger partial charge in [0.05, 0.1) is 0 Å². The molecule has 2 aromatic carbocycles. The number of likely N-dealkylation sites (N-methyl/N-ethyl adjacent to an activating group) is 1. The van der Waals surface area contributed by atoms with Crippen molar-refractivity contribution in [1.29, 1.82) is 0 Å². The van der Waals surface area contributed by atoms with Gasteiger partial charge in [-0.2, -0.15) is 0 Å². The van der Waals surface area contributed by atoms with Crippen LogP contribution in [0.2, 0.25) is 0 Å². The Morgan fingerprint density at radius 1 is 0.883 bits per heavy atom. The second kappa shape index (κ2) is 23.9. The number of aromatic hydroxyl groups is 1. The largest absolute Gasteiger partial charge is 0.508 e. The monoisotopic (exact) mass is 836 g/mol. The van der Waals surface area contributed by atoms with Crippen LogP contribution in [0.4, 0.5) is 4.79 Å². The molecule has 0 aliphatic carbocycles. The number of carboxylic acids is 1. The number of carbonyl (C=O) groups is 7. The molecule has 1 saturated heterocycles. The molecule has 328 valence electrons. The lowest BCUT2D eigenvalue weighted by atomic mass is 9.99. The van der Waals surface area contributed by atoms with Crippen LogP contribution in [0.5, 0.6) is 5.75 Å². The zero-order valence-corrected chi connectivity index (χ0v) is 34.6. The number of rotatable bonds is 13. The van der Waals surface area contributed by atoms with Crippen molar-refractivity contribution >= 4 is 47.5 Å². The summed E-state index contributed by atoms with van der Waals surface area (Å²) in [6.45, 7) is 5.17. The van der Waals surface area contributed by atoms with Gasteiger partial charge in [-0.05, 0) is 81.0 Å². The normalized spacial score (nSPS) is 21.8. The van der Waals surface area contributed by atoms with Crippen LogP contribution in [0, 0.1) is 5.92 Å². The minimum Gasteiger partial charge on any atom is -0.508 e. The van der Waals surface area contributed by atoms with Crippen molar-refractivity contribution in [1.82, 2.24) is 36.8 Å². The summed E-state index contributed by atoms with van der Waals surface area (Å²) in [5.74, 6) is -5.05. The molecule has 1 fully saturated rings. The van der Waals surface area contributed by atoms with Crippen molar-refractivity contribution in [3.8, 4) is 5.75 Å². The number of urea groups is 1. The number of hydrogen-bond donors (Lipinski definition) is 10. The number of amides is 7. The van der Waals surface area contributed by atoms with E-state index in [0.717, 1.165) is 11.1 Å². The minimum absolute atomic E-state index is 0.0159. The molecule has 19 heteroatoms. The summed E-state index contributed by atoms with van der Waals surface area (Å²) in [6, 6.07) is 7.41. The second-order valence-corrected chi connectivity index (χ2v) is 15.2. The van der Waals surface area contributed by atoms with E-state index in [1.54, 1.807) is 26.0 Å². The summed E-state index contributed by atoms with van der Waals surface area (Å²) in [5.41, 5.74) is 12.2. The molecule has 0 spiro atoms. The topological polar surface area (TPSA) is 300 Å². The number of nitrogens with zero attached hydrogens (tertiary/aromatic N) is 2. The fourth-order valence-electron chi connectivity index (χ4n) is 6.44. The van der Waals surface area contributed by atoms with Crippen molar-refractivity contribution < 1.29 is 43.8 Å². The molecule has 6 atom stereocenters. The van der Waals surface area contributed by atoms with E-state index in [0.29, 0.717) is 12.8 Å². The van der Waals surface area contributed by atoms with Gasteiger partial charge in [0.25, 0.3) is 0 Å². The van der Waals surface area contributed by atoms with E-state index in [4.69, 9.17) is 11.5 Å². The average molecular weight is 837 g/mol. The van der Waals surface area contributed by atoms with Crippen LogP contribution in [-0.4, -0.2) is 119 Å². The van der Waals surface area contributed by atoms with Crippen molar-refractivity contribution in [2.24, 2.45) is 22.4 Å². The maximum absolute atomic E-state index is 14.2. The number of hydrogen-bond acceptors (Lipinski definition) is 9. The Bertz CT molecular complexity index is 1810. The lowest BCUT2D eigenvalue weighted by Gasteiger charge is -2.31. The van der Waals surface area contributed by atoms with E-state index in [2.05, 4.69) is 36.9 Å². The first-order chi connectivity index (χ1) is 28.5. The Morgan fingerprint density at radius 2 is 1.55 bits per heavy atom. The molecular weight excluding hydrogens is 777 g/mol. The molecule has 3 rings (SSSR count). The molecule has 60 heavy (non-hydrogen) atoms. The number of phenolic OH excluding ortho intramolecular Hbond substituents is 1. The maximum Gasteiger partial charge on any atom is 0.326 e. The third-order valence-electron chi connectivity index (χ3n) is 10.1. The summed E-state index contributed by atoms with van der Waals surface area (Å²) >= 11 is 0. The van der Waals surface area contributed by atoms with Crippen LogP contribution >= 0.6 is 0 Å². The summed E-state index contributed by atoms with van der Waals surface area (Å²) in [4.78, 5) is 99.6. The molecule has 2 aromatic rings. The van der Waals surface area contributed by atoms with Crippen LogP contribution in [0.3, 0.4) is 0 Å². The molecule has 0 radical (unpaired) electrons. The van der Waals surface area contributed by atoms with E-state index >= 15 is 0 Å². The fraction of sp³-hybridized carbons (Fsp3) is 0.512. The summed E-state index contributed by atoms with van der Waals surface area (Å²) in [7, 11) is 1.42. The highest BCUT2D eigenvalue weighted by atomic mass is 16.4. The predicted molar refractivity (Wildman–Crippen MR) is 223 cm³/mol. The van der Waals surface area contributed by atoms with Gasteiger partial charge in [-0.1, -0.05) is 56.3 Å². The Balaban J connectivity index is 1.95. The zero-order valence-electron chi connectivity index (χ0n) is 34.6. The summed E-state index contributed by atoms with van der Waals surface area (Å²) in [6.07, 6.45) is 1.41. The number of benzene rings is 2. The van der Waals surface area contributed by atoms with Gasteiger partial charge in [0.2, 0.25) is 29.5 Å². The molecule has 1 aliphatic rings. The second-order valence-electron chi connectivity index (χ2n) is 15.2. The Kier molecular flexibility index (Phi) is 19.1. The average Bonchev–Trinajstić information content (AvgIpc) is 3.20. The van der Waals surface area contributed by atoms with Gasteiger partial charge in [0.1, 0.15) is 42.0 Å². The summed E-state index contributed by atoms with van der Waals surface area (Å²) < 4.78 is 0. The third kappa shape index (κ3) is 15.7. The van der Waals surface area contributed by atoms with E-state index < -0.39 is 83.7 Å². The smallest absolute Gasteiger partial charge is 0.326 e. The number of carboxylic acid groups (broad SMARTS) is 1. The van der Waals surface area contributed by atoms with Crippen LogP contribution in [0.25, 0.3) is 0 Å². The highest BCUT2D eigenvalue weighted by molar-refractivity contribution is 5.96. The summed E-state index contributed by atoms with van der Waals surface area (Å²) in [5, 5.41) is 35.5. The van der Waals surface area contributed by atoms with Gasteiger partial charge in [-0.25, -0.2) is 9.59 Å². The first-order valence-corrected chi connectivity index (χ1v) is 20.1. The number of carbonyl (C=O) groups excluding carboxylic acids is 6. The number of aryl methyl sites for hydroxylation is 1. The highest BCUT2D eigenvalue weighted by Gasteiger charge is 2.35. The van der Waals surface area contributed by atoms with Crippen molar-refractivity contribution in [2.75, 3.05) is 20.1 Å². The number of guanidine groups is 1. The molecule has 0 saturated carbocycles. The first-order valence-electron chi connectivity index (χ1n) is 20.1. The SMILES string of the molecule is CC(C)[C@@H]1NC(=O)[C@H](NC(=O)N[C@@H](CCCN=C(N)N)C(=O)O)CCCCNC(=O)[C@H](Cc2ccccc2)NC(=O)[C@H](C)N(C)C(=O)[C@@H](CCc2ccc(O)cc2)NC1=O. The quantitative estimate of drug-likeness (QED) is 0.0728. The van der Waals surface area contributed by atoms with E-state index in [1.165, 1.54) is 31.0 Å². The van der Waals surface area contributed by atoms with Gasteiger partial charge in [-0.15, -0.1) is 0 Å². The Labute approximate surface area is 349 Å². The van der Waals surface area contributed by atoms with Crippen LogP contribution in [0.1, 0.15) is 70.4 Å². The maximum atomic E-state index is 14.2. The number of nitrogens with one attached hydrogen (secondary N) is 6. The molecule has 1 heterocycles. The third-order valence-corrected chi connectivity index (χ3v) is 10.1. The number of phenols is 1. The fourth-order valence-corrected chi connectivity index (χ4v) is 6.44.